The number of aromatic nitrogens is 1. The molecule has 1 aromatic carbocycles. The van der Waals surface area contributed by atoms with E-state index < -0.39 is 11.6 Å². The van der Waals surface area contributed by atoms with Crippen LogP contribution in [-0.2, 0) is 0 Å². The number of nitrogens with zero attached hydrogens (tertiary/aromatic N) is 1. The maximum Gasteiger partial charge on any atom is 0.128 e. The molecule has 2 aromatic rings. The van der Waals surface area contributed by atoms with Crippen molar-refractivity contribution in [1.29, 1.82) is 0 Å². The van der Waals surface area contributed by atoms with Crippen molar-refractivity contribution in [3.8, 4) is 0 Å². The molecular weight excluding hydrogens is 212 g/mol. The molecule has 2 rings (SSSR count). The van der Waals surface area contributed by atoms with E-state index in [1.165, 1.54) is 24.5 Å². The Morgan fingerprint density at radius 1 is 1.12 bits per heavy atom. The van der Waals surface area contributed by atoms with Crippen LogP contribution in [0.4, 0.5) is 25.8 Å². The van der Waals surface area contributed by atoms with Crippen molar-refractivity contribution in [3.05, 3.63) is 48.3 Å². The monoisotopic (exact) mass is 221 g/mol. The van der Waals surface area contributed by atoms with Gasteiger partial charge in [-0.2, -0.15) is 0 Å². The van der Waals surface area contributed by atoms with Crippen LogP contribution < -0.4 is 11.1 Å². The van der Waals surface area contributed by atoms with E-state index in [0.717, 1.165) is 6.07 Å². The van der Waals surface area contributed by atoms with Gasteiger partial charge in [0.15, 0.2) is 0 Å². The lowest BCUT2D eigenvalue weighted by Gasteiger charge is -2.08. The van der Waals surface area contributed by atoms with Gasteiger partial charge < -0.3 is 11.1 Å². The summed E-state index contributed by atoms with van der Waals surface area (Å²) in [4.78, 5) is 3.81. The van der Waals surface area contributed by atoms with Gasteiger partial charge in [-0.3, -0.25) is 4.98 Å². The Hall–Kier alpha value is -2.17. The largest absolute Gasteiger partial charge is 0.396 e. The Labute approximate surface area is 90.9 Å². The van der Waals surface area contributed by atoms with Gasteiger partial charge in [0.1, 0.15) is 11.6 Å². The van der Waals surface area contributed by atoms with Gasteiger partial charge >= 0.3 is 0 Å². The molecule has 82 valence electrons. The van der Waals surface area contributed by atoms with Crippen molar-refractivity contribution in [2.45, 2.75) is 0 Å². The molecular formula is C11H9F2N3. The van der Waals surface area contributed by atoms with Gasteiger partial charge in [-0.25, -0.2) is 8.78 Å². The van der Waals surface area contributed by atoms with Gasteiger partial charge in [-0.05, 0) is 18.2 Å². The predicted octanol–water partition coefficient (Wildman–Crippen LogP) is 2.69. The second kappa shape index (κ2) is 4.14. The first-order chi connectivity index (χ1) is 7.65. The molecule has 0 aliphatic rings. The number of hydrogen-bond acceptors (Lipinski definition) is 3. The van der Waals surface area contributed by atoms with Crippen LogP contribution in [0.5, 0.6) is 0 Å². The predicted molar refractivity (Wildman–Crippen MR) is 58.3 cm³/mol. The molecule has 1 heterocycles. The molecule has 0 bridgehead atoms. The van der Waals surface area contributed by atoms with Gasteiger partial charge in [0, 0.05) is 18.0 Å². The summed E-state index contributed by atoms with van der Waals surface area (Å²) in [5.74, 6) is -1.29. The normalized spacial score (nSPS) is 10.1. The van der Waals surface area contributed by atoms with Crippen LogP contribution in [0.25, 0.3) is 0 Å². The van der Waals surface area contributed by atoms with E-state index in [9.17, 15) is 8.78 Å². The highest BCUT2D eigenvalue weighted by Crippen LogP contribution is 2.22. The number of hydrogen-bond donors (Lipinski definition) is 2. The van der Waals surface area contributed by atoms with Crippen molar-refractivity contribution < 1.29 is 8.78 Å². The molecule has 0 saturated heterocycles. The van der Waals surface area contributed by atoms with Crippen molar-refractivity contribution in [2.24, 2.45) is 0 Å². The van der Waals surface area contributed by atoms with Crippen molar-refractivity contribution in [2.75, 3.05) is 11.1 Å². The number of halogens is 2. The average molecular weight is 221 g/mol. The molecule has 3 N–H and O–H groups in total. The van der Waals surface area contributed by atoms with Crippen LogP contribution in [0, 0.1) is 11.6 Å². The van der Waals surface area contributed by atoms with E-state index in [1.54, 1.807) is 6.07 Å². The fourth-order valence-electron chi connectivity index (χ4n) is 1.30. The lowest BCUT2D eigenvalue weighted by molar-refractivity contribution is 0.584. The van der Waals surface area contributed by atoms with Crippen molar-refractivity contribution >= 4 is 17.1 Å². The number of rotatable bonds is 2. The number of anilines is 3. The Morgan fingerprint density at radius 2 is 1.81 bits per heavy atom. The van der Waals surface area contributed by atoms with Gasteiger partial charge in [-0.15, -0.1) is 0 Å². The van der Waals surface area contributed by atoms with E-state index in [1.807, 2.05) is 0 Å². The maximum atomic E-state index is 12.9. The van der Waals surface area contributed by atoms with Crippen LogP contribution in [0.2, 0.25) is 0 Å². The summed E-state index contributed by atoms with van der Waals surface area (Å²) in [7, 11) is 0. The number of nitrogens with two attached hydrogens (primary N) is 1. The van der Waals surface area contributed by atoms with Crippen molar-refractivity contribution in [3.63, 3.8) is 0 Å². The Balaban J connectivity index is 2.30. The van der Waals surface area contributed by atoms with Crippen LogP contribution in [-0.4, -0.2) is 4.98 Å². The first-order valence-corrected chi connectivity index (χ1v) is 4.58. The summed E-state index contributed by atoms with van der Waals surface area (Å²) >= 11 is 0. The summed E-state index contributed by atoms with van der Waals surface area (Å²) in [5, 5.41) is 2.81. The Kier molecular flexibility index (Phi) is 2.68. The minimum atomic E-state index is -0.643. The lowest BCUT2D eigenvalue weighted by atomic mass is 10.2. The molecule has 3 nitrogen and oxygen atoms in total. The summed E-state index contributed by atoms with van der Waals surface area (Å²) in [6, 6.07) is 4.80. The third kappa shape index (κ3) is 2.25. The van der Waals surface area contributed by atoms with Gasteiger partial charge in [0.05, 0.1) is 17.6 Å². The molecule has 0 atom stereocenters. The topological polar surface area (TPSA) is 50.9 Å². The number of nitrogens with one attached hydrogen (secondary N) is 1. The second-order valence-electron chi connectivity index (χ2n) is 3.25. The van der Waals surface area contributed by atoms with E-state index in [4.69, 9.17) is 5.73 Å². The molecule has 0 aliphatic carbocycles. The van der Waals surface area contributed by atoms with Gasteiger partial charge in [-0.1, -0.05) is 0 Å². The molecule has 0 fully saturated rings. The highest BCUT2D eigenvalue weighted by atomic mass is 19.1. The Bertz CT molecular complexity index is 494. The summed E-state index contributed by atoms with van der Waals surface area (Å²) in [6.45, 7) is 0. The zero-order valence-corrected chi connectivity index (χ0v) is 8.24. The summed E-state index contributed by atoms with van der Waals surface area (Å²) < 4.78 is 25.8. The minimum Gasteiger partial charge on any atom is -0.396 e. The molecule has 16 heavy (non-hydrogen) atoms. The molecule has 0 amide bonds. The molecule has 0 unspecified atom stereocenters. The van der Waals surface area contributed by atoms with Crippen LogP contribution in [0.15, 0.2) is 36.7 Å². The highest BCUT2D eigenvalue weighted by molar-refractivity contribution is 5.71. The first-order valence-electron chi connectivity index (χ1n) is 4.58. The van der Waals surface area contributed by atoms with E-state index in [0.29, 0.717) is 17.1 Å². The molecule has 0 spiro atoms. The standard InChI is InChI=1S/C11H9F2N3/c12-7-3-8(13)5-9(4-7)16-11-1-2-15-6-10(11)14/h1-6H,14H2,(H,15,16). The number of benzene rings is 1. The molecule has 5 heteroatoms. The summed E-state index contributed by atoms with van der Waals surface area (Å²) in [5.41, 5.74) is 6.90. The zero-order chi connectivity index (χ0) is 11.5. The SMILES string of the molecule is Nc1cnccc1Nc1cc(F)cc(F)c1. The summed E-state index contributed by atoms with van der Waals surface area (Å²) in [6.07, 6.45) is 2.99. The Morgan fingerprint density at radius 3 is 2.44 bits per heavy atom. The highest BCUT2D eigenvalue weighted by Gasteiger charge is 2.02. The fourth-order valence-corrected chi connectivity index (χ4v) is 1.30. The van der Waals surface area contributed by atoms with Crippen molar-refractivity contribution in [1.82, 2.24) is 4.98 Å². The fraction of sp³-hybridized carbons (Fsp3) is 0. The van der Waals surface area contributed by atoms with E-state index in [2.05, 4.69) is 10.3 Å². The molecule has 0 radical (unpaired) electrons. The number of nitrogen functional groups attached to an aromatic ring is 1. The zero-order valence-electron chi connectivity index (χ0n) is 8.24. The molecule has 1 aromatic heterocycles. The van der Waals surface area contributed by atoms with Gasteiger partial charge in [0.2, 0.25) is 0 Å². The van der Waals surface area contributed by atoms with E-state index >= 15 is 0 Å². The third-order valence-electron chi connectivity index (χ3n) is 1.99. The minimum absolute atomic E-state index is 0.301. The van der Waals surface area contributed by atoms with Gasteiger partial charge in [0.25, 0.3) is 0 Å². The van der Waals surface area contributed by atoms with Crippen LogP contribution in [0.3, 0.4) is 0 Å². The average Bonchev–Trinajstić information content (AvgIpc) is 2.20. The van der Waals surface area contributed by atoms with E-state index in [-0.39, 0.29) is 0 Å². The number of pyridine rings is 1. The lowest BCUT2D eigenvalue weighted by Crippen LogP contribution is -1.97. The second-order valence-corrected chi connectivity index (χ2v) is 3.25. The quantitative estimate of drug-likeness (QED) is 0.819. The molecule has 0 saturated carbocycles. The maximum absolute atomic E-state index is 12.9. The van der Waals surface area contributed by atoms with Crippen LogP contribution in [0.1, 0.15) is 0 Å². The molecule has 0 aliphatic heterocycles. The smallest absolute Gasteiger partial charge is 0.128 e. The first kappa shape index (κ1) is 10.4. The van der Waals surface area contributed by atoms with Crippen LogP contribution >= 0.6 is 0 Å². The third-order valence-corrected chi connectivity index (χ3v) is 1.99.